The van der Waals surface area contributed by atoms with Crippen molar-refractivity contribution in [1.82, 2.24) is 5.32 Å². The SMILES string of the molecule is COc1ccc(N(CC(=O)N[C@H](C)c2ccccc2)S(C)(=O)=O)cc1Cl. The molecule has 0 fully saturated rings. The molecular weight excluding hydrogens is 376 g/mol. The number of hydrogen-bond donors (Lipinski definition) is 1. The summed E-state index contributed by atoms with van der Waals surface area (Å²) in [5.41, 5.74) is 1.22. The third-order valence-electron chi connectivity index (χ3n) is 3.79. The van der Waals surface area contributed by atoms with Crippen LogP contribution in [0.5, 0.6) is 5.75 Å². The standard InChI is InChI=1S/C18H21ClN2O4S/c1-13(14-7-5-4-6-8-14)20-18(22)12-21(26(3,23)24)15-9-10-17(25-2)16(19)11-15/h4-11,13H,12H2,1-3H3,(H,20,22)/t13-/m1/s1. The number of anilines is 1. The van der Waals surface area contributed by atoms with E-state index in [9.17, 15) is 13.2 Å². The molecule has 0 aromatic heterocycles. The quantitative estimate of drug-likeness (QED) is 0.780. The number of carbonyl (C=O) groups excluding carboxylic acids is 1. The van der Waals surface area contributed by atoms with Crippen LogP contribution >= 0.6 is 11.6 Å². The van der Waals surface area contributed by atoms with Gasteiger partial charge in [0, 0.05) is 0 Å². The Morgan fingerprint density at radius 2 is 1.88 bits per heavy atom. The summed E-state index contributed by atoms with van der Waals surface area (Å²) in [5, 5.41) is 3.06. The third-order valence-corrected chi connectivity index (χ3v) is 5.22. The molecule has 1 N–H and O–H groups in total. The van der Waals surface area contributed by atoms with E-state index in [1.54, 1.807) is 12.1 Å². The Morgan fingerprint density at radius 3 is 2.42 bits per heavy atom. The highest BCUT2D eigenvalue weighted by atomic mass is 35.5. The van der Waals surface area contributed by atoms with Gasteiger partial charge in [0.15, 0.2) is 0 Å². The minimum absolute atomic E-state index is 0.246. The van der Waals surface area contributed by atoms with Crippen molar-refractivity contribution < 1.29 is 17.9 Å². The minimum Gasteiger partial charge on any atom is -0.495 e. The second kappa shape index (κ2) is 8.42. The maximum Gasteiger partial charge on any atom is 0.241 e. The first-order valence-corrected chi connectivity index (χ1v) is 10.1. The van der Waals surface area contributed by atoms with Crippen molar-refractivity contribution in [1.29, 1.82) is 0 Å². The van der Waals surface area contributed by atoms with Gasteiger partial charge in [-0.15, -0.1) is 0 Å². The van der Waals surface area contributed by atoms with Gasteiger partial charge in [-0.2, -0.15) is 0 Å². The highest BCUT2D eigenvalue weighted by Crippen LogP contribution is 2.30. The van der Waals surface area contributed by atoms with Crippen molar-refractivity contribution in [2.75, 3.05) is 24.2 Å². The molecule has 0 aliphatic rings. The topological polar surface area (TPSA) is 75.7 Å². The summed E-state index contributed by atoms with van der Waals surface area (Å²) in [6.07, 6.45) is 1.04. The predicted octanol–water partition coefficient (Wildman–Crippen LogP) is 2.99. The van der Waals surface area contributed by atoms with E-state index in [0.717, 1.165) is 16.1 Å². The summed E-state index contributed by atoms with van der Waals surface area (Å²) in [4.78, 5) is 12.4. The van der Waals surface area contributed by atoms with E-state index in [4.69, 9.17) is 16.3 Å². The summed E-state index contributed by atoms with van der Waals surface area (Å²) in [6.45, 7) is 1.49. The van der Waals surface area contributed by atoms with Crippen LogP contribution in [-0.2, 0) is 14.8 Å². The maximum atomic E-state index is 12.4. The van der Waals surface area contributed by atoms with Crippen LogP contribution in [0.4, 0.5) is 5.69 Å². The van der Waals surface area contributed by atoms with Gasteiger partial charge in [-0.3, -0.25) is 9.10 Å². The monoisotopic (exact) mass is 396 g/mol. The molecule has 6 nitrogen and oxygen atoms in total. The Labute approximate surface area is 158 Å². The molecule has 0 unspecified atom stereocenters. The summed E-state index contributed by atoms with van der Waals surface area (Å²) in [7, 11) is -2.21. The van der Waals surface area contributed by atoms with Gasteiger partial charge < -0.3 is 10.1 Å². The normalized spacial score (nSPS) is 12.3. The number of hydrogen-bond acceptors (Lipinski definition) is 4. The Bertz CT molecular complexity index is 872. The van der Waals surface area contributed by atoms with Crippen molar-refractivity contribution >= 4 is 33.2 Å². The number of ether oxygens (including phenoxy) is 1. The lowest BCUT2D eigenvalue weighted by Crippen LogP contribution is -2.41. The number of amides is 1. The van der Waals surface area contributed by atoms with Crippen molar-refractivity contribution in [3.63, 3.8) is 0 Å². The molecule has 0 aliphatic carbocycles. The second-order valence-corrected chi connectivity index (χ2v) is 8.10. The maximum absolute atomic E-state index is 12.4. The molecule has 26 heavy (non-hydrogen) atoms. The predicted molar refractivity (Wildman–Crippen MR) is 103 cm³/mol. The lowest BCUT2D eigenvalue weighted by Gasteiger charge is -2.23. The van der Waals surface area contributed by atoms with Crippen LogP contribution in [0.15, 0.2) is 48.5 Å². The zero-order valence-electron chi connectivity index (χ0n) is 14.8. The highest BCUT2D eigenvalue weighted by Gasteiger charge is 2.22. The first-order chi connectivity index (χ1) is 12.2. The van der Waals surface area contributed by atoms with Crippen molar-refractivity contribution in [3.8, 4) is 5.75 Å². The van der Waals surface area contributed by atoms with Gasteiger partial charge in [0.1, 0.15) is 12.3 Å². The second-order valence-electron chi connectivity index (χ2n) is 5.79. The molecule has 0 bridgehead atoms. The number of halogens is 1. The first kappa shape index (κ1) is 20.1. The number of nitrogens with zero attached hydrogens (tertiary/aromatic N) is 1. The fourth-order valence-corrected chi connectivity index (χ4v) is 3.55. The largest absolute Gasteiger partial charge is 0.495 e. The van der Waals surface area contributed by atoms with E-state index < -0.39 is 15.9 Å². The molecule has 0 radical (unpaired) electrons. The van der Waals surface area contributed by atoms with Gasteiger partial charge in [0.05, 0.1) is 30.1 Å². The Kier molecular flexibility index (Phi) is 6.50. The molecule has 0 aliphatic heterocycles. The van der Waals surface area contributed by atoms with Crippen LogP contribution in [0.2, 0.25) is 5.02 Å². The lowest BCUT2D eigenvalue weighted by molar-refractivity contribution is -0.120. The van der Waals surface area contributed by atoms with Gasteiger partial charge in [0.25, 0.3) is 0 Å². The molecule has 0 saturated carbocycles. The van der Waals surface area contributed by atoms with Crippen LogP contribution in [0.3, 0.4) is 0 Å². The fraction of sp³-hybridized carbons (Fsp3) is 0.278. The van der Waals surface area contributed by atoms with E-state index in [-0.39, 0.29) is 17.6 Å². The van der Waals surface area contributed by atoms with Crippen molar-refractivity contribution in [2.45, 2.75) is 13.0 Å². The molecule has 0 heterocycles. The smallest absolute Gasteiger partial charge is 0.241 e. The van der Waals surface area contributed by atoms with Gasteiger partial charge in [-0.1, -0.05) is 41.9 Å². The lowest BCUT2D eigenvalue weighted by atomic mass is 10.1. The van der Waals surface area contributed by atoms with Crippen LogP contribution in [-0.4, -0.2) is 34.2 Å². The third kappa shape index (κ3) is 5.12. The first-order valence-electron chi connectivity index (χ1n) is 7.88. The number of methoxy groups -OCH3 is 1. The van der Waals surface area contributed by atoms with Crippen LogP contribution in [0.1, 0.15) is 18.5 Å². The average Bonchev–Trinajstić information content (AvgIpc) is 2.59. The molecule has 8 heteroatoms. The van der Waals surface area contributed by atoms with Gasteiger partial charge in [-0.25, -0.2) is 8.42 Å². The Morgan fingerprint density at radius 1 is 1.23 bits per heavy atom. The number of benzene rings is 2. The number of carbonyl (C=O) groups is 1. The average molecular weight is 397 g/mol. The molecule has 1 amide bonds. The molecule has 2 rings (SSSR count). The van der Waals surface area contributed by atoms with Crippen LogP contribution in [0.25, 0.3) is 0 Å². The highest BCUT2D eigenvalue weighted by molar-refractivity contribution is 7.92. The molecule has 0 spiro atoms. The minimum atomic E-state index is -3.68. The van der Waals surface area contributed by atoms with Gasteiger partial charge >= 0.3 is 0 Å². The molecule has 2 aromatic rings. The molecular formula is C18H21ClN2O4S. The molecule has 2 aromatic carbocycles. The Balaban J connectivity index is 2.18. The molecule has 1 atom stereocenters. The van der Waals surface area contributed by atoms with E-state index in [1.165, 1.54) is 13.2 Å². The van der Waals surface area contributed by atoms with Crippen LogP contribution < -0.4 is 14.4 Å². The van der Waals surface area contributed by atoms with E-state index in [0.29, 0.717) is 11.4 Å². The van der Waals surface area contributed by atoms with Crippen LogP contribution in [0, 0.1) is 0 Å². The fourth-order valence-electron chi connectivity index (χ4n) is 2.45. The van der Waals surface area contributed by atoms with Crippen molar-refractivity contribution in [2.24, 2.45) is 0 Å². The number of nitrogens with one attached hydrogen (secondary N) is 1. The van der Waals surface area contributed by atoms with Gasteiger partial charge in [0.2, 0.25) is 15.9 Å². The molecule has 140 valence electrons. The summed E-state index contributed by atoms with van der Waals surface area (Å²) >= 11 is 6.08. The summed E-state index contributed by atoms with van der Waals surface area (Å²) in [6, 6.07) is 13.7. The van der Waals surface area contributed by atoms with Crippen molar-refractivity contribution in [3.05, 3.63) is 59.1 Å². The van der Waals surface area contributed by atoms with E-state index >= 15 is 0 Å². The van der Waals surface area contributed by atoms with E-state index in [2.05, 4.69) is 5.32 Å². The number of sulfonamides is 1. The molecule has 0 saturated heterocycles. The van der Waals surface area contributed by atoms with Gasteiger partial charge in [-0.05, 0) is 30.7 Å². The zero-order valence-corrected chi connectivity index (χ0v) is 16.3. The number of rotatable bonds is 7. The van der Waals surface area contributed by atoms with E-state index in [1.807, 2.05) is 37.3 Å². The summed E-state index contributed by atoms with van der Waals surface area (Å²) < 4.78 is 30.4. The summed E-state index contributed by atoms with van der Waals surface area (Å²) in [5.74, 6) is 0.00439. The Hall–Kier alpha value is -2.25. The zero-order chi connectivity index (χ0) is 19.3.